The minimum Gasteiger partial charge on any atom is -0.462 e. The van der Waals surface area contributed by atoms with E-state index >= 15 is 0 Å². The SMILES string of the molecule is CCCCC(CC)COC(=O)c1ccc2c(c1)Cc1cc(C(=O)OCC(CC)CCCC)ccc1-2. The molecule has 0 fully saturated rings. The average molecular weight is 479 g/mol. The maximum atomic E-state index is 12.7. The first-order valence-electron chi connectivity index (χ1n) is 13.6. The van der Waals surface area contributed by atoms with E-state index in [1.165, 1.54) is 12.8 Å². The molecule has 2 aromatic carbocycles. The fourth-order valence-electron chi connectivity index (χ4n) is 4.81. The summed E-state index contributed by atoms with van der Waals surface area (Å²) in [7, 11) is 0. The van der Waals surface area contributed by atoms with Crippen LogP contribution in [0.1, 0.15) is 111 Å². The van der Waals surface area contributed by atoms with E-state index < -0.39 is 0 Å². The third-order valence-electron chi connectivity index (χ3n) is 7.34. The molecule has 0 aliphatic heterocycles. The van der Waals surface area contributed by atoms with Crippen LogP contribution in [-0.4, -0.2) is 25.2 Å². The highest BCUT2D eigenvalue weighted by Gasteiger charge is 2.23. The van der Waals surface area contributed by atoms with Gasteiger partial charge in [-0.1, -0.05) is 78.4 Å². The molecule has 0 spiro atoms. The van der Waals surface area contributed by atoms with Crippen molar-refractivity contribution in [3.8, 4) is 11.1 Å². The van der Waals surface area contributed by atoms with Crippen LogP contribution in [0.15, 0.2) is 36.4 Å². The molecular weight excluding hydrogens is 436 g/mol. The van der Waals surface area contributed by atoms with Crippen molar-refractivity contribution in [2.45, 2.75) is 85.5 Å². The molecule has 0 bridgehead atoms. The van der Waals surface area contributed by atoms with Crippen molar-refractivity contribution in [3.05, 3.63) is 58.7 Å². The monoisotopic (exact) mass is 478 g/mol. The van der Waals surface area contributed by atoms with Crippen LogP contribution in [0.4, 0.5) is 0 Å². The topological polar surface area (TPSA) is 52.6 Å². The number of esters is 2. The number of carbonyl (C=O) groups is 2. The van der Waals surface area contributed by atoms with E-state index in [4.69, 9.17) is 9.47 Å². The average Bonchev–Trinajstić information content (AvgIpc) is 3.25. The minimum absolute atomic E-state index is 0.253. The Labute approximate surface area is 211 Å². The molecule has 0 radical (unpaired) electrons. The number of rotatable bonds is 14. The first-order chi connectivity index (χ1) is 17.0. The minimum atomic E-state index is -0.253. The van der Waals surface area contributed by atoms with Crippen LogP contribution in [0.5, 0.6) is 0 Å². The largest absolute Gasteiger partial charge is 0.462 e. The predicted molar refractivity (Wildman–Crippen MR) is 142 cm³/mol. The molecule has 2 unspecified atom stereocenters. The Bertz CT molecular complexity index is 914. The van der Waals surface area contributed by atoms with Crippen LogP contribution in [0.25, 0.3) is 11.1 Å². The summed E-state index contributed by atoms with van der Waals surface area (Å²) in [6, 6.07) is 11.6. The van der Waals surface area contributed by atoms with Crippen LogP contribution in [0.3, 0.4) is 0 Å². The smallest absolute Gasteiger partial charge is 0.338 e. The zero-order valence-electron chi connectivity index (χ0n) is 22.0. The van der Waals surface area contributed by atoms with E-state index in [9.17, 15) is 9.59 Å². The molecule has 4 heteroatoms. The van der Waals surface area contributed by atoms with Gasteiger partial charge in [0.15, 0.2) is 0 Å². The van der Waals surface area contributed by atoms with Crippen LogP contribution < -0.4 is 0 Å². The molecule has 4 nitrogen and oxygen atoms in total. The molecule has 2 aromatic rings. The van der Waals surface area contributed by atoms with E-state index in [-0.39, 0.29) is 11.9 Å². The molecular formula is C31H42O4. The van der Waals surface area contributed by atoms with Gasteiger partial charge < -0.3 is 9.47 Å². The standard InChI is InChI=1S/C31H42O4/c1-5-9-11-22(7-3)20-34-30(32)24-13-15-28-26(17-24)19-27-18-25(14-16-29(27)28)31(33)35-21-23(8-4)12-10-6-2/h13-18,22-23H,5-12,19-21H2,1-4H3. The number of fused-ring (bicyclic) bond motifs is 3. The van der Waals surface area contributed by atoms with Gasteiger partial charge >= 0.3 is 11.9 Å². The Balaban J connectivity index is 1.62. The Kier molecular flexibility index (Phi) is 10.4. The zero-order valence-corrected chi connectivity index (χ0v) is 22.0. The molecule has 1 aliphatic rings. The Morgan fingerprint density at radius 1 is 0.714 bits per heavy atom. The first kappa shape index (κ1) is 27.0. The van der Waals surface area contributed by atoms with Crippen molar-refractivity contribution in [2.24, 2.45) is 11.8 Å². The second-order valence-corrected chi connectivity index (χ2v) is 9.95. The van der Waals surface area contributed by atoms with Crippen LogP contribution in [0, 0.1) is 11.8 Å². The van der Waals surface area contributed by atoms with Crippen LogP contribution in [-0.2, 0) is 15.9 Å². The third kappa shape index (κ3) is 7.19. The summed E-state index contributed by atoms with van der Waals surface area (Å²) < 4.78 is 11.3. The third-order valence-corrected chi connectivity index (χ3v) is 7.34. The summed E-state index contributed by atoms with van der Waals surface area (Å²) in [6.07, 6.45) is 9.60. The van der Waals surface area contributed by atoms with Gasteiger partial charge in [0.1, 0.15) is 0 Å². The molecule has 1 aliphatic carbocycles. The predicted octanol–water partition coefficient (Wildman–Crippen LogP) is 8.00. The number of hydrogen-bond donors (Lipinski definition) is 0. The number of unbranched alkanes of at least 4 members (excludes halogenated alkanes) is 2. The molecule has 0 saturated heterocycles. The molecule has 0 N–H and O–H groups in total. The lowest BCUT2D eigenvalue weighted by atomic mass is 10.0. The van der Waals surface area contributed by atoms with Gasteiger partial charge in [-0.3, -0.25) is 0 Å². The van der Waals surface area contributed by atoms with Gasteiger partial charge in [0.2, 0.25) is 0 Å². The molecule has 3 rings (SSSR count). The van der Waals surface area contributed by atoms with E-state index in [0.29, 0.717) is 42.6 Å². The number of benzene rings is 2. The highest BCUT2D eigenvalue weighted by molar-refractivity contribution is 5.93. The summed E-state index contributed by atoms with van der Waals surface area (Å²) in [5, 5.41) is 0. The summed E-state index contributed by atoms with van der Waals surface area (Å²) in [4.78, 5) is 25.4. The van der Waals surface area contributed by atoms with Gasteiger partial charge in [0.05, 0.1) is 24.3 Å². The van der Waals surface area contributed by atoms with Gasteiger partial charge in [0.25, 0.3) is 0 Å². The highest BCUT2D eigenvalue weighted by Crippen LogP contribution is 2.37. The van der Waals surface area contributed by atoms with Crippen LogP contribution in [0.2, 0.25) is 0 Å². The van der Waals surface area contributed by atoms with Crippen molar-refractivity contribution in [2.75, 3.05) is 13.2 Å². The summed E-state index contributed by atoms with van der Waals surface area (Å²) >= 11 is 0. The Morgan fingerprint density at radius 2 is 1.14 bits per heavy atom. The maximum absolute atomic E-state index is 12.7. The fourth-order valence-corrected chi connectivity index (χ4v) is 4.81. The van der Waals surface area contributed by atoms with E-state index in [1.807, 2.05) is 36.4 Å². The first-order valence-corrected chi connectivity index (χ1v) is 13.6. The zero-order chi connectivity index (χ0) is 25.2. The van der Waals surface area contributed by atoms with E-state index in [0.717, 1.165) is 60.8 Å². The van der Waals surface area contributed by atoms with Crippen LogP contribution >= 0.6 is 0 Å². The molecule has 0 amide bonds. The molecule has 0 heterocycles. The van der Waals surface area contributed by atoms with Crippen molar-refractivity contribution in [3.63, 3.8) is 0 Å². The van der Waals surface area contributed by atoms with E-state index in [1.54, 1.807) is 0 Å². The van der Waals surface area contributed by atoms with Crippen molar-refractivity contribution >= 4 is 11.9 Å². The normalized spacial score (nSPS) is 13.6. The Morgan fingerprint density at radius 3 is 1.51 bits per heavy atom. The molecule has 190 valence electrons. The Hall–Kier alpha value is -2.62. The summed E-state index contributed by atoms with van der Waals surface area (Å²) in [5.74, 6) is 0.345. The molecule has 0 aromatic heterocycles. The second-order valence-electron chi connectivity index (χ2n) is 9.95. The van der Waals surface area contributed by atoms with Gasteiger partial charge in [0, 0.05) is 0 Å². The molecule has 35 heavy (non-hydrogen) atoms. The number of hydrogen-bond acceptors (Lipinski definition) is 4. The van der Waals surface area contributed by atoms with Gasteiger partial charge in [-0.15, -0.1) is 0 Å². The van der Waals surface area contributed by atoms with Crippen molar-refractivity contribution in [1.29, 1.82) is 0 Å². The quantitative estimate of drug-likeness (QED) is 0.220. The summed E-state index contributed by atoms with van der Waals surface area (Å²) in [6.45, 7) is 9.64. The molecule has 0 saturated carbocycles. The van der Waals surface area contributed by atoms with Gasteiger partial charge in [-0.25, -0.2) is 9.59 Å². The van der Waals surface area contributed by atoms with Gasteiger partial charge in [-0.2, -0.15) is 0 Å². The van der Waals surface area contributed by atoms with E-state index in [2.05, 4.69) is 27.7 Å². The maximum Gasteiger partial charge on any atom is 0.338 e. The summed E-state index contributed by atoms with van der Waals surface area (Å²) in [5.41, 5.74) is 5.64. The second kappa shape index (κ2) is 13.5. The van der Waals surface area contributed by atoms with Gasteiger partial charge in [-0.05, 0) is 77.6 Å². The lowest BCUT2D eigenvalue weighted by Crippen LogP contribution is -2.14. The lowest BCUT2D eigenvalue weighted by molar-refractivity contribution is 0.0419. The van der Waals surface area contributed by atoms with Crippen molar-refractivity contribution < 1.29 is 19.1 Å². The van der Waals surface area contributed by atoms with Crippen molar-refractivity contribution in [1.82, 2.24) is 0 Å². The fraction of sp³-hybridized carbons (Fsp3) is 0.548. The number of ether oxygens (including phenoxy) is 2. The highest BCUT2D eigenvalue weighted by atomic mass is 16.5. The molecule has 2 atom stereocenters. The number of carbonyl (C=O) groups excluding carboxylic acids is 2. The lowest BCUT2D eigenvalue weighted by Gasteiger charge is -2.15.